The lowest BCUT2D eigenvalue weighted by atomic mass is 9.46. The quantitative estimate of drug-likeness (QED) is 0.846. The third-order valence-corrected chi connectivity index (χ3v) is 6.77. The molecule has 4 fully saturated rings. The maximum atomic E-state index is 13.4. The molecule has 0 radical (unpaired) electrons. The highest BCUT2D eigenvalue weighted by Crippen LogP contribution is 2.64. The number of nitrogens with one attached hydrogen (secondary N) is 1. The molecule has 6 rings (SSSR count). The minimum Gasteiger partial charge on any atom is -0.433 e. The molecular formula is C20H22F2N4O2. The number of nitrogens with zero attached hydrogens (tertiary/aromatic N) is 3. The standard InChI is InChI=1S/C20H22F2N4O2/c21-18(22)28-16-4-2-1-3-15(16)25-17(27)19-6-13-5-14(7-19)9-20(8-13,10-19)26-12-23-11-24-26/h1-4,11-14,18H,5-10H2,(H,25,27). The molecule has 28 heavy (non-hydrogen) atoms. The number of hydrogen-bond acceptors (Lipinski definition) is 4. The molecule has 0 spiro atoms. The minimum absolute atomic E-state index is 0.0124. The van der Waals surface area contributed by atoms with E-state index in [9.17, 15) is 13.6 Å². The van der Waals surface area contributed by atoms with E-state index in [-0.39, 0.29) is 17.2 Å². The number of alkyl halides is 2. The summed E-state index contributed by atoms with van der Waals surface area (Å²) in [4.78, 5) is 17.5. The van der Waals surface area contributed by atoms with Gasteiger partial charge in [-0.05, 0) is 62.5 Å². The molecule has 1 heterocycles. The van der Waals surface area contributed by atoms with Crippen LogP contribution in [0.3, 0.4) is 0 Å². The van der Waals surface area contributed by atoms with Crippen molar-refractivity contribution in [3.63, 3.8) is 0 Å². The fourth-order valence-corrected chi connectivity index (χ4v) is 6.22. The molecule has 1 aromatic heterocycles. The topological polar surface area (TPSA) is 69.0 Å². The first kappa shape index (κ1) is 17.6. The molecule has 148 valence electrons. The van der Waals surface area contributed by atoms with E-state index < -0.39 is 12.0 Å². The van der Waals surface area contributed by atoms with Gasteiger partial charge in [-0.1, -0.05) is 12.1 Å². The monoisotopic (exact) mass is 388 g/mol. The Morgan fingerprint density at radius 2 is 1.96 bits per heavy atom. The summed E-state index contributed by atoms with van der Waals surface area (Å²) in [5, 5.41) is 7.29. The number of benzene rings is 1. The molecule has 2 atom stereocenters. The Bertz CT molecular complexity index is 872. The Hall–Kier alpha value is -2.51. The molecule has 4 aliphatic rings. The van der Waals surface area contributed by atoms with Gasteiger partial charge < -0.3 is 10.1 Å². The minimum atomic E-state index is -2.94. The van der Waals surface area contributed by atoms with Crippen LogP contribution in [0.5, 0.6) is 5.75 Å². The third-order valence-electron chi connectivity index (χ3n) is 6.77. The number of ether oxygens (including phenoxy) is 1. The second-order valence-corrected chi connectivity index (χ2v) is 8.63. The number of para-hydroxylation sites is 2. The van der Waals surface area contributed by atoms with Gasteiger partial charge >= 0.3 is 6.61 Å². The SMILES string of the molecule is O=C(Nc1ccccc1OC(F)F)C12CC3CC(C1)CC(n1cncn1)(C3)C2. The Labute approximate surface area is 161 Å². The summed E-state index contributed by atoms with van der Waals surface area (Å²) in [7, 11) is 0. The molecule has 4 saturated carbocycles. The van der Waals surface area contributed by atoms with Gasteiger partial charge in [-0.2, -0.15) is 13.9 Å². The first-order chi connectivity index (χ1) is 13.5. The van der Waals surface area contributed by atoms with Crippen LogP contribution in [0.4, 0.5) is 14.5 Å². The van der Waals surface area contributed by atoms with E-state index >= 15 is 0 Å². The number of anilines is 1. The van der Waals surface area contributed by atoms with Crippen LogP contribution in [0.2, 0.25) is 0 Å². The summed E-state index contributed by atoms with van der Waals surface area (Å²) in [6.07, 6.45) is 8.87. The van der Waals surface area contributed by atoms with Crippen molar-refractivity contribution in [1.82, 2.24) is 14.8 Å². The number of carbonyl (C=O) groups excluding carboxylic acids is 1. The van der Waals surface area contributed by atoms with Gasteiger partial charge in [0.25, 0.3) is 0 Å². The number of amides is 1. The Morgan fingerprint density at radius 3 is 2.64 bits per heavy atom. The highest BCUT2D eigenvalue weighted by atomic mass is 19.3. The zero-order valence-electron chi connectivity index (χ0n) is 15.4. The van der Waals surface area contributed by atoms with E-state index in [1.165, 1.54) is 6.07 Å². The number of halogens is 2. The van der Waals surface area contributed by atoms with Crippen molar-refractivity contribution in [3.8, 4) is 5.75 Å². The summed E-state index contributed by atoms with van der Waals surface area (Å²) in [5.41, 5.74) is -0.386. The van der Waals surface area contributed by atoms with Crippen LogP contribution in [0.15, 0.2) is 36.9 Å². The summed E-state index contributed by atoms with van der Waals surface area (Å²) in [6.45, 7) is -2.94. The van der Waals surface area contributed by atoms with E-state index in [1.807, 2.05) is 4.68 Å². The number of carbonyl (C=O) groups is 1. The zero-order chi connectivity index (χ0) is 19.4. The molecule has 0 aliphatic heterocycles. The predicted molar refractivity (Wildman–Crippen MR) is 96.8 cm³/mol. The molecule has 2 aromatic rings. The molecule has 1 aromatic carbocycles. The highest BCUT2D eigenvalue weighted by Gasteiger charge is 2.61. The van der Waals surface area contributed by atoms with Crippen LogP contribution < -0.4 is 10.1 Å². The Morgan fingerprint density at radius 1 is 1.21 bits per heavy atom. The van der Waals surface area contributed by atoms with Crippen LogP contribution in [-0.4, -0.2) is 27.3 Å². The van der Waals surface area contributed by atoms with Crippen LogP contribution in [0, 0.1) is 17.3 Å². The Balaban J connectivity index is 1.44. The molecule has 6 nitrogen and oxygen atoms in total. The first-order valence-corrected chi connectivity index (χ1v) is 9.68. The van der Waals surface area contributed by atoms with E-state index in [0.29, 0.717) is 23.9 Å². The van der Waals surface area contributed by atoms with Gasteiger partial charge in [-0.25, -0.2) is 9.67 Å². The van der Waals surface area contributed by atoms with Gasteiger partial charge in [0, 0.05) is 0 Å². The van der Waals surface area contributed by atoms with Crippen LogP contribution in [0.25, 0.3) is 0 Å². The second kappa shape index (κ2) is 6.25. The lowest BCUT2D eigenvalue weighted by Gasteiger charge is -2.60. The van der Waals surface area contributed by atoms with E-state index in [0.717, 1.165) is 32.1 Å². The van der Waals surface area contributed by atoms with Crippen molar-refractivity contribution >= 4 is 11.6 Å². The molecule has 1 amide bonds. The van der Waals surface area contributed by atoms with Crippen molar-refractivity contribution in [2.24, 2.45) is 17.3 Å². The summed E-state index contributed by atoms with van der Waals surface area (Å²) < 4.78 is 31.9. The average molecular weight is 388 g/mol. The van der Waals surface area contributed by atoms with Crippen LogP contribution in [-0.2, 0) is 10.3 Å². The van der Waals surface area contributed by atoms with Gasteiger partial charge in [0.15, 0.2) is 0 Å². The van der Waals surface area contributed by atoms with Crippen molar-refractivity contribution in [3.05, 3.63) is 36.9 Å². The average Bonchev–Trinajstić information content (AvgIpc) is 3.17. The molecule has 4 aliphatic carbocycles. The van der Waals surface area contributed by atoms with Crippen molar-refractivity contribution in [1.29, 1.82) is 0 Å². The van der Waals surface area contributed by atoms with Gasteiger partial charge in [0.1, 0.15) is 18.4 Å². The molecular weight excluding hydrogens is 366 g/mol. The fourth-order valence-electron chi connectivity index (χ4n) is 6.22. The predicted octanol–water partition coefficient (Wildman–Crippen LogP) is 3.81. The highest BCUT2D eigenvalue weighted by molar-refractivity contribution is 5.97. The van der Waals surface area contributed by atoms with Crippen molar-refractivity contribution < 1.29 is 18.3 Å². The molecule has 8 heteroatoms. The summed E-state index contributed by atoms with van der Waals surface area (Å²) in [5.74, 6) is 0.838. The summed E-state index contributed by atoms with van der Waals surface area (Å²) >= 11 is 0. The maximum Gasteiger partial charge on any atom is 0.387 e. The first-order valence-electron chi connectivity index (χ1n) is 9.68. The van der Waals surface area contributed by atoms with Crippen LogP contribution in [0.1, 0.15) is 38.5 Å². The van der Waals surface area contributed by atoms with Gasteiger partial charge in [0.05, 0.1) is 16.6 Å². The van der Waals surface area contributed by atoms with Crippen LogP contribution >= 0.6 is 0 Å². The van der Waals surface area contributed by atoms with E-state index in [4.69, 9.17) is 0 Å². The summed E-state index contributed by atoms with van der Waals surface area (Å²) in [6, 6.07) is 6.35. The smallest absolute Gasteiger partial charge is 0.387 e. The van der Waals surface area contributed by atoms with E-state index in [1.54, 1.807) is 30.9 Å². The largest absolute Gasteiger partial charge is 0.433 e. The van der Waals surface area contributed by atoms with E-state index in [2.05, 4.69) is 20.1 Å². The molecule has 1 N–H and O–H groups in total. The van der Waals surface area contributed by atoms with Gasteiger partial charge in [-0.3, -0.25) is 4.79 Å². The number of rotatable bonds is 5. The van der Waals surface area contributed by atoms with Crippen molar-refractivity contribution in [2.75, 3.05) is 5.32 Å². The lowest BCUT2D eigenvalue weighted by molar-refractivity contribution is -0.150. The van der Waals surface area contributed by atoms with Gasteiger partial charge in [-0.15, -0.1) is 0 Å². The third kappa shape index (κ3) is 2.77. The molecule has 0 saturated heterocycles. The number of hydrogen-bond donors (Lipinski definition) is 1. The second-order valence-electron chi connectivity index (χ2n) is 8.63. The normalized spacial score (nSPS) is 33.2. The maximum absolute atomic E-state index is 13.4. The molecule has 4 bridgehead atoms. The Kier molecular flexibility index (Phi) is 3.93. The number of aromatic nitrogens is 3. The zero-order valence-corrected chi connectivity index (χ0v) is 15.4. The lowest BCUT2D eigenvalue weighted by Crippen LogP contribution is -2.60. The van der Waals surface area contributed by atoms with Crippen molar-refractivity contribution in [2.45, 2.75) is 50.7 Å². The van der Waals surface area contributed by atoms with Gasteiger partial charge in [0.2, 0.25) is 5.91 Å². The fraction of sp³-hybridized carbons (Fsp3) is 0.550. The molecule has 2 unspecified atom stereocenters.